The number of nitrogens with one attached hydrogen (secondary N) is 1. The zero-order chi connectivity index (χ0) is 24.3. The number of fused-ring (bicyclic) bond motifs is 1. The van der Waals surface area contributed by atoms with Crippen LogP contribution in [0.1, 0.15) is 22.9 Å². The summed E-state index contributed by atoms with van der Waals surface area (Å²) in [6.07, 6.45) is -1.76. The first-order chi connectivity index (χ1) is 15.6. The Morgan fingerprint density at radius 3 is 2.73 bits per heavy atom. The first kappa shape index (κ1) is 25.4. The molecule has 2 aromatic carbocycles. The van der Waals surface area contributed by atoms with Crippen LogP contribution in [0.2, 0.25) is 5.02 Å². The molecule has 3 rings (SSSR count). The highest BCUT2D eigenvalue weighted by Gasteiger charge is 2.31. The molecule has 0 amide bonds. The van der Waals surface area contributed by atoms with Gasteiger partial charge in [0, 0.05) is 17.0 Å². The molecule has 0 radical (unpaired) electrons. The Morgan fingerprint density at radius 1 is 1.39 bits per heavy atom. The molecule has 9 nitrogen and oxygen atoms in total. The summed E-state index contributed by atoms with van der Waals surface area (Å²) in [5.41, 5.74) is 3.61. The van der Waals surface area contributed by atoms with Crippen molar-refractivity contribution in [1.82, 2.24) is 4.72 Å². The molecule has 33 heavy (non-hydrogen) atoms. The lowest BCUT2D eigenvalue weighted by Crippen LogP contribution is -2.52. The van der Waals surface area contributed by atoms with Gasteiger partial charge in [-0.25, -0.2) is 12.8 Å². The number of nitriles is 1. The molecular weight excluding hydrogens is 516 g/mol. The number of quaternary nitrogens is 1. The monoisotopic (exact) mass is 532 g/mol. The number of hydrogen-bond acceptors (Lipinski definition) is 8. The SMILES string of the molecule is Cc1c(S(=O)(=O)NC(O[P+](=O)[O-])c2ccc(C#N)c(F)c2)sc2c(Cl)cc(OCC[NH3+])cc12. The summed E-state index contributed by atoms with van der Waals surface area (Å²) >= 11 is 7.20. The molecule has 0 saturated carbocycles. The maximum atomic E-state index is 14.0. The topological polar surface area (TPSA) is 156 Å². The minimum absolute atomic E-state index is 0.127. The second-order valence-electron chi connectivity index (χ2n) is 6.68. The lowest BCUT2D eigenvalue weighted by Gasteiger charge is -2.15. The van der Waals surface area contributed by atoms with Crippen molar-refractivity contribution in [3.05, 3.63) is 57.9 Å². The highest BCUT2D eigenvalue weighted by Crippen LogP contribution is 2.41. The maximum Gasteiger partial charge on any atom is 0.490 e. The summed E-state index contributed by atoms with van der Waals surface area (Å²) < 4.78 is 64.3. The smallest absolute Gasteiger partial charge is 0.490 e. The number of rotatable bonds is 9. The third-order valence-corrected chi connectivity index (χ3v) is 8.60. The van der Waals surface area contributed by atoms with E-state index in [1.807, 2.05) is 0 Å². The van der Waals surface area contributed by atoms with Gasteiger partial charge in [-0.1, -0.05) is 17.7 Å². The Hall–Kier alpha value is -2.20. The molecule has 1 aromatic heterocycles. The molecule has 0 fully saturated rings. The fourth-order valence-corrected chi connectivity index (χ4v) is 6.56. The predicted molar refractivity (Wildman–Crippen MR) is 118 cm³/mol. The molecular formula is C19H17ClFN3O6PS2+. The van der Waals surface area contributed by atoms with Crippen molar-refractivity contribution < 1.29 is 37.3 Å². The molecule has 0 saturated heterocycles. The van der Waals surface area contributed by atoms with Gasteiger partial charge < -0.3 is 15.4 Å². The number of hydrogen-bond donors (Lipinski definition) is 2. The fourth-order valence-electron chi connectivity index (χ4n) is 2.98. The van der Waals surface area contributed by atoms with Crippen LogP contribution in [0.25, 0.3) is 10.1 Å². The van der Waals surface area contributed by atoms with Crippen LogP contribution in [0.5, 0.6) is 5.75 Å². The van der Waals surface area contributed by atoms with E-state index >= 15 is 0 Å². The maximum absolute atomic E-state index is 14.0. The van der Waals surface area contributed by atoms with Gasteiger partial charge in [0.25, 0.3) is 10.0 Å². The number of nitrogens with zero attached hydrogens (tertiary/aromatic N) is 1. The summed E-state index contributed by atoms with van der Waals surface area (Å²) in [5, 5.41) is 9.69. The Kier molecular flexibility index (Phi) is 8.00. The molecule has 2 unspecified atom stereocenters. The number of aryl methyl sites for hydroxylation is 1. The van der Waals surface area contributed by atoms with Gasteiger partial charge in [-0.15, -0.1) is 15.9 Å². The molecule has 4 N–H and O–H groups in total. The van der Waals surface area contributed by atoms with Crippen LogP contribution in [0.15, 0.2) is 34.5 Å². The molecule has 0 bridgehead atoms. The molecule has 1 heterocycles. The van der Waals surface area contributed by atoms with Crippen LogP contribution in [0, 0.1) is 24.1 Å². The van der Waals surface area contributed by atoms with Gasteiger partial charge in [-0.3, -0.25) is 0 Å². The normalized spacial score (nSPS) is 13.0. The standard InChI is InChI=1S/C19H16ClFN3O6PS2/c1-10-14-7-13(29-5-4-22)8-15(20)17(14)32-19(10)33(27,28)24-18(30-31(25)26)11-2-3-12(9-23)16(21)6-11/h2-3,6-8,18,24H,4-5,22H2,1H3/p+1. The van der Waals surface area contributed by atoms with E-state index < -0.39 is 30.3 Å². The van der Waals surface area contributed by atoms with Crippen molar-refractivity contribution in [2.45, 2.75) is 17.4 Å². The highest BCUT2D eigenvalue weighted by atomic mass is 35.5. The van der Waals surface area contributed by atoms with E-state index in [-0.39, 0.29) is 20.4 Å². The van der Waals surface area contributed by atoms with Crippen LogP contribution in [-0.4, -0.2) is 21.6 Å². The van der Waals surface area contributed by atoms with Crippen LogP contribution in [0.3, 0.4) is 0 Å². The van der Waals surface area contributed by atoms with Gasteiger partial charge in [0.15, 0.2) is 0 Å². The minimum Gasteiger partial charge on any atom is -0.566 e. The number of ether oxygens (including phenoxy) is 1. The quantitative estimate of drug-likeness (QED) is 0.316. The largest absolute Gasteiger partial charge is 0.566 e. The van der Waals surface area contributed by atoms with E-state index in [1.165, 1.54) is 6.07 Å². The van der Waals surface area contributed by atoms with Crippen molar-refractivity contribution in [1.29, 1.82) is 5.26 Å². The number of thiophene rings is 1. The van der Waals surface area contributed by atoms with Crippen LogP contribution >= 0.6 is 31.2 Å². The number of sulfonamides is 1. The van der Waals surface area contributed by atoms with Crippen molar-refractivity contribution >= 4 is 51.3 Å². The average Bonchev–Trinajstić information content (AvgIpc) is 3.09. The molecule has 2 atom stereocenters. The molecule has 174 valence electrons. The van der Waals surface area contributed by atoms with Crippen molar-refractivity contribution in [2.75, 3.05) is 13.2 Å². The molecule has 0 aliphatic carbocycles. The van der Waals surface area contributed by atoms with E-state index in [9.17, 15) is 22.3 Å². The van der Waals surface area contributed by atoms with E-state index in [4.69, 9.17) is 21.6 Å². The summed E-state index contributed by atoms with van der Waals surface area (Å²) in [5.74, 6) is -0.505. The van der Waals surface area contributed by atoms with E-state index in [1.54, 1.807) is 25.1 Å². The van der Waals surface area contributed by atoms with Gasteiger partial charge in [-0.05, 0) is 35.3 Å². The highest BCUT2D eigenvalue weighted by molar-refractivity contribution is 7.91. The zero-order valence-corrected chi connectivity index (χ0v) is 20.3. The number of benzene rings is 2. The van der Waals surface area contributed by atoms with Gasteiger partial charge >= 0.3 is 8.25 Å². The van der Waals surface area contributed by atoms with E-state index in [0.717, 1.165) is 23.5 Å². The summed E-state index contributed by atoms with van der Waals surface area (Å²) in [4.78, 5) is 11.2. The summed E-state index contributed by atoms with van der Waals surface area (Å²) in [6, 6.07) is 7.94. The first-order valence-electron chi connectivity index (χ1n) is 9.25. The second kappa shape index (κ2) is 10.4. The lowest BCUT2D eigenvalue weighted by molar-refractivity contribution is -0.370. The van der Waals surface area contributed by atoms with Gasteiger partial charge in [-0.2, -0.15) is 9.98 Å². The summed E-state index contributed by atoms with van der Waals surface area (Å²) in [6.45, 7) is 2.45. The van der Waals surface area contributed by atoms with Gasteiger partial charge in [0.2, 0.25) is 6.23 Å². The zero-order valence-electron chi connectivity index (χ0n) is 17.0. The predicted octanol–water partition coefficient (Wildman–Crippen LogP) is 2.51. The molecule has 3 aromatic rings. The first-order valence-corrected chi connectivity index (χ1v) is 13.0. The van der Waals surface area contributed by atoms with E-state index in [2.05, 4.69) is 15.0 Å². The Morgan fingerprint density at radius 2 is 2.12 bits per heavy atom. The van der Waals surface area contributed by atoms with Crippen LogP contribution < -0.4 is 20.1 Å². The van der Waals surface area contributed by atoms with Crippen LogP contribution in [-0.2, 0) is 19.1 Å². The third kappa shape index (κ3) is 5.66. The van der Waals surface area contributed by atoms with Gasteiger partial charge in [0.1, 0.15) is 35.0 Å². The second-order valence-corrected chi connectivity index (χ2v) is 10.7. The Balaban J connectivity index is 2.03. The average molecular weight is 533 g/mol. The minimum atomic E-state index is -4.34. The van der Waals surface area contributed by atoms with E-state index in [0.29, 0.717) is 34.6 Å². The molecule has 0 aliphatic heterocycles. The Labute approximate surface area is 198 Å². The van der Waals surface area contributed by atoms with Crippen molar-refractivity contribution in [2.24, 2.45) is 0 Å². The molecule has 0 spiro atoms. The van der Waals surface area contributed by atoms with Crippen molar-refractivity contribution in [3.63, 3.8) is 0 Å². The number of halogens is 2. The third-order valence-electron chi connectivity index (χ3n) is 4.45. The molecule has 14 heteroatoms. The summed E-state index contributed by atoms with van der Waals surface area (Å²) in [7, 11) is -7.84. The Bertz CT molecular complexity index is 1380. The lowest BCUT2D eigenvalue weighted by atomic mass is 10.1. The fraction of sp³-hybridized carbons (Fsp3) is 0.211. The molecule has 0 aliphatic rings. The van der Waals surface area contributed by atoms with Crippen LogP contribution in [0.4, 0.5) is 4.39 Å². The van der Waals surface area contributed by atoms with Crippen molar-refractivity contribution in [3.8, 4) is 11.8 Å². The van der Waals surface area contributed by atoms with Gasteiger partial charge in [0.05, 0.1) is 15.3 Å².